The zero-order chi connectivity index (χ0) is 17.7. The number of sulfonamides is 1. The molecule has 0 aliphatic carbocycles. The van der Waals surface area contributed by atoms with Gasteiger partial charge in [0.1, 0.15) is 0 Å². The second kappa shape index (κ2) is 7.49. The minimum atomic E-state index is -3.66. The van der Waals surface area contributed by atoms with Crippen LogP contribution in [0.2, 0.25) is 0 Å². The number of nitrogens with zero attached hydrogens (tertiary/aromatic N) is 2. The Kier molecular flexibility index (Phi) is 5.62. The van der Waals surface area contributed by atoms with Crippen molar-refractivity contribution in [1.82, 2.24) is 4.90 Å². The summed E-state index contributed by atoms with van der Waals surface area (Å²) in [5, 5.41) is 0. The third-order valence-electron chi connectivity index (χ3n) is 3.93. The molecule has 0 atom stereocenters. The van der Waals surface area contributed by atoms with Gasteiger partial charge in [-0.1, -0.05) is 18.2 Å². The van der Waals surface area contributed by atoms with Crippen LogP contribution in [-0.2, 0) is 10.0 Å². The fourth-order valence-corrected chi connectivity index (χ4v) is 3.59. The zero-order valence-electron chi connectivity index (χ0n) is 14.1. The topological polar surface area (TPSA) is 57.7 Å². The molecule has 24 heavy (non-hydrogen) atoms. The van der Waals surface area contributed by atoms with E-state index in [1.54, 1.807) is 41.3 Å². The SMILES string of the molecule is CCN(CC)C(=O)c1ccc(S(=O)(=O)N(C)c2ccccc2)cc1. The Morgan fingerprint density at radius 1 is 0.917 bits per heavy atom. The van der Waals surface area contributed by atoms with Crippen molar-refractivity contribution >= 4 is 21.6 Å². The van der Waals surface area contributed by atoms with Gasteiger partial charge in [0.2, 0.25) is 0 Å². The first-order chi connectivity index (χ1) is 11.4. The summed E-state index contributed by atoms with van der Waals surface area (Å²) in [6.45, 7) is 5.06. The van der Waals surface area contributed by atoms with Gasteiger partial charge in [-0.15, -0.1) is 0 Å². The Hall–Kier alpha value is -2.34. The van der Waals surface area contributed by atoms with E-state index >= 15 is 0 Å². The summed E-state index contributed by atoms with van der Waals surface area (Å²) >= 11 is 0. The van der Waals surface area contributed by atoms with Crippen molar-refractivity contribution in [3.8, 4) is 0 Å². The third-order valence-corrected chi connectivity index (χ3v) is 5.73. The van der Waals surface area contributed by atoms with E-state index < -0.39 is 10.0 Å². The maximum Gasteiger partial charge on any atom is 0.264 e. The average Bonchev–Trinajstić information content (AvgIpc) is 2.62. The van der Waals surface area contributed by atoms with E-state index in [1.807, 2.05) is 19.9 Å². The Bertz CT molecular complexity index is 783. The molecule has 0 unspecified atom stereocenters. The van der Waals surface area contributed by atoms with Crippen LogP contribution in [0.15, 0.2) is 59.5 Å². The second-order valence-corrected chi connectivity index (χ2v) is 7.28. The third kappa shape index (κ3) is 3.59. The van der Waals surface area contributed by atoms with Gasteiger partial charge in [-0.3, -0.25) is 9.10 Å². The van der Waals surface area contributed by atoms with Crippen molar-refractivity contribution < 1.29 is 13.2 Å². The van der Waals surface area contributed by atoms with Gasteiger partial charge in [0.15, 0.2) is 0 Å². The number of hydrogen-bond donors (Lipinski definition) is 0. The molecule has 1 amide bonds. The van der Waals surface area contributed by atoms with Gasteiger partial charge in [-0.2, -0.15) is 0 Å². The lowest BCUT2D eigenvalue weighted by Gasteiger charge is -2.20. The molecule has 0 N–H and O–H groups in total. The number of carbonyl (C=O) groups excluding carboxylic acids is 1. The quantitative estimate of drug-likeness (QED) is 0.808. The van der Waals surface area contributed by atoms with Crippen molar-refractivity contribution in [1.29, 1.82) is 0 Å². The highest BCUT2D eigenvalue weighted by molar-refractivity contribution is 7.92. The van der Waals surface area contributed by atoms with Crippen LogP contribution in [0.1, 0.15) is 24.2 Å². The number of anilines is 1. The number of rotatable bonds is 6. The van der Waals surface area contributed by atoms with E-state index in [2.05, 4.69) is 0 Å². The Morgan fingerprint density at radius 3 is 1.96 bits per heavy atom. The lowest BCUT2D eigenvalue weighted by Crippen LogP contribution is -2.30. The Labute approximate surface area is 143 Å². The van der Waals surface area contributed by atoms with Crippen molar-refractivity contribution in [2.24, 2.45) is 0 Å². The molecule has 2 rings (SSSR count). The fourth-order valence-electron chi connectivity index (χ4n) is 2.40. The number of amides is 1. The molecule has 0 radical (unpaired) electrons. The molecule has 0 heterocycles. The molecular formula is C18H22N2O3S. The predicted molar refractivity (Wildman–Crippen MR) is 95.7 cm³/mol. The minimum absolute atomic E-state index is 0.0969. The van der Waals surface area contributed by atoms with E-state index in [1.165, 1.54) is 23.5 Å². The maximum absolute atomic E-state index is 12.7. The summed E-state index contributed by atoms with van der Waals surface area (Å²) in [6, 6.07) is 14.9. The summed E-state index contributed by atoms with van der Waals surface area (Å²) in [5.41, 5.74) is 1.07. The lowest BCUT2D eigenvalue weighted by atomic mass is 10.2. The van der Waals surface area contributed by atoms with Crippen molar-refractivity contribution in [3.63, 3.8) is 0 Å². The van der Waals surface area contributed by atoms with Gasteiger partial charge < -0.3 is 4.90 Å². The van der Waals surface area contributed by atoms with E-state index in [0.29, 0.717) is 24.3 Å². The molecule has 128 valence electrons. The first-order valence-corrected chi connectivity index (χ1v) is 9.29. The molecule has 0 aliphatic rings. The summed E-state index contributed by atoms with van der Waals surface area (Å²) < 4.78 is 26.6. The van der Waals surface area contributed by atoms with Gasteiger partial charge in [0, 0.05) is 25.7 Å². The van der Waals surface area contributed by atoms with Crippen LogP contribution in [-0.4, -0.2) is 39.4 Å². The fraction of sp³-hybridized carbons (Fsp3) is 0.278. The smallest absolute Gasteiger partial charge is 0.264 e. The minimum Gasteiger partial charge on any atom is -0.339 e. The Balaban J connectivity index is 2.28. The van der Waals surface area contributed by atoms with Gasteiger partial charge >= 0.3 is 0 Å². The van der Waals surface area contributed by atoms with Gasteiger partial charge in [-0.05, 0) is 50.2 Å². The standard InChI is InChI=1S/C18H22N2O3S/c1-4-20(5-2)18(21)15-11-13-17(14-12-15)24(22,23)19(3)16-9-7-6-8-10-16/h6-14H,4-5H2,1-3H3. The number of carbonyl (C=O) groups is 1. The van der Waals surface area contributed by atoms with Crippen LogP contribution in [0, 0.1) is 0 Å². The van der Waals surface area contributed by atoms with Crippen LogP contribution >= 0.6 is 0 Å². The van der Waals surface area contributed by atoms with Crippen LogP contribution in [0.25, 0.3) is 0 Å². The highest BCUT2D eigenvalue weighted by Crippen LogP contribution is 2.22. The van der Waals surface area contributed by atoms with Crippen LogP contribution in [0.3, 0.4) is 0 Å². The number of hydrogen-bond acceptors (Lipinski definition) is 3. The zero-order valence-corrected chi connectivity index (χ0v) is 15.0. The highest BCUT2D eigenvalue weighted by atomic mass is 32.2. The monoisotopic (exact) mass is 346 g/mol. The van der Waals surface area contributed by atoms with Crippen molar-refractivity contribution in [3.05, 3.63) is 60.2 Å². The summed E-state index contributed by atoms with van der Waals surface area (Å²) in [5.74, 6) is -0.0969. The van der Waals surface area contributed by atoms with Gasteiger partial charge in [-0.25, -0.2) is 8.42 Å². The average molecular weight is 346 g/mol. The largest absolute Gasteiger partial charge is 0.339 e. The predicted octanol–water partition coefficient (Wildman–Crippen LogP) is 2.99. The maximum atomic E-state index is 12.7. The van der Waals surface area contributed by atoms with Gasteiger partial charge in [0.05, 0.1) is 10.6 Å². The summed E-state index contributed by atoms with van der Waals surface area (Å²) in [7, 11) is -2.14. The van der Waals surface area contributed by atoms with Crippen molar-refractivity contribution in [2.75, 3.05) is 24.4 Å². The Morgan fingerprint density at radius 2 is 1.46 bits per heavy atom. The van der Waals surface area contributed by atoms with Gasteiger partial charge in [0.25, 0.3) is 15.9 Å². The molecule has 2 aromatic carbocycles. The lowest BCUT2D eigenvalue weighted by molar-refractivity contribution is 0.0773. The van der Waals surface area contributed by atoms with E-state index in [0.717, 1.165) is 0 Å². The molecule has 0 bridgehead atoms. The molecule has 0 spiro atoms. The highest BCUT2D eigenvalue weighted by Gasteiger charge is 2.22. The molecular weight excluding hydrogens is 324 g/mol. The molecule has 0 aromatic heterocycles. The van der Waals surface area contributed by atoms with E-state index in [-0.39, 0.29) is 10.8 Å². The second-order valence-electron chi connectivity index (χ2n) is 5.31. The molecule has 0 aliphatic heterocycles. The number of para-hydroxylation sites is 1. The summed E-state index contributed by atoms with van der Waals surface area (Å²) in [4.78, 5) is 14.1. The van der Waals surface area contributed by atoms with Crippen molar-refractivity contribution in [2.45, 2.75) is 18.7 Å². The molecule has 0 saturated heterocycles. The number of benzene rings is 2. The molecule has 5 nitrogen and oxygen atoms in total. The van der Waals surface area contributed by atoms with E-state index in [4.69, 9.17) is 0 Å². The first kappa shape index (κ1) is 18.0. The molecule has 2 aromatic rings. The normalized spacial score (nSPS) is 11.1. The summed E-state index contributed by atoms with van der Waals surface area (Å²) in [6.07, 6.45) is 0. The first-order valence-electron chi connectivity index (χ1n) is 7.85. The van der Waals surface area contributed by atoms with Crippen LogP contribution < -0.4 is 4.31 Å². The van der Waals surface area contributed by atoms with Crippen LogP contribution in [0.4, 0.5) is 5.69 Å². The molecule has 0 fully saturated rings. The van der Waals surface area contributed by atoms with Crippen LogP contribution in [0.5, 0.6) is 0 Å². The molecule has 0 saturated carbocycles. The van der Waals surface area contributed by atoms with E-state index in [9.17, 15) is 13.2 Å². The molecule has 6 heteroatoms.